The van der Waals surface area contributed by atoms with Crippen molar-refractivity contribution in [3.8, 4) is 5.69 Å². The van der Waals surface area contributed by atoms with Crippen LogP contribution in [-0.4, -0.2) is 39.6 Å². The second-order valence-electron chi connectivity index (χ2n) is 8.91. The van der Waals surface area contributed by atoms with Crippen LogP contribution in [0.1, 0.15) is 49.3 Å². The average molecular weight is 487 g/mol. The summed E-state index contributed by atoms with van der Waals surface area (Å²) in [7, 11) is 0. The predicted molar refractivity (Wildman–Crippen MR) is 134 cm³/mol. The molecule has 8 heteroatoms. The number of nitrogens with one attached hydrogen (secondary N) is 1. The van der Waals surface area contributed by atoms with Gasteiger partial charge in [0.15, 0.2) is 0 Å². The zero-order valence-electron chi connectivity index (χ0n) is 19.4. The van der Waals surface area contributed by atoms with Crippen molar-refractivity contribution in [2.75, 3.05) is 18.4 Å². The van der Waals surface area contributed by atoms with Crippen LogP contribution in [0.2, 0.25) is 10.0 Å². The number of aromatic nitrogens is 2. The molecule has 1 heterocycles. The maximum absolute atomic E-state index is 13.0. The van der Waals surface area contributed by atoms with Crippen LogP contribution in [0.3, 0.4) is 0 Å². The van der Waals surface area contributed by atoms with Crippen LogP contribution >= 0.6 is 23.2 Å². The van der Waals surface area contributed by atoms with E-state index in [1.54, 1.807) is 16.8 Å². The van der Waals surface area contributed by atoms with Crippen molar-refractivity contribution in [1.82, 2.24) is 14.7 Å². The molecule has 0 aliphatic carbocycles. The first-order valence-electron chi connectivity index (χ1n) is 10.7. The lowest BCUT2D eigenvalue weighted by Gasteiger charge is -2.21. The summed E-state index contributed by atoms with van der Waals surface area (Å²) >= 11 is 12.0. The van der Waals surface area contributed by atoms with Gasteiger partial charge in [0.2, 0.25) is 5.91 Å². The third kappa shape index (κ3) is 5.95. The van der Waals surface area contributed by atoms with Gasteiger partial charge in [-0.2, -0.15) is 5.10 Å². The molecule has 1 N–H and O–H groups in total. The van der Waals surface area contributed by atoms with E-state index in [-0.39, 0.29) is 23.8 Å². The van der Waals surface area contributed by atoms with E-state index < -0.39 is 0 Å². The Balaban J connectivity index is 1.84. The highest BCUT2D eigenvalue weighted by atomic mass is 35.5. The maximum atomic E-state index is 13.0. The molecule has 0 radical (unpaired) electrons. The molecule has 3 rings (SSSR count). The molecule has 0 saturated heterocycles. The summed E-state index contributed by atoms with van der Waals surface area (Å²) < 4.78 is 1.72. The summed E-state index contributed by atoms with van der Waals surface area (Å²) in [6.07, 6.45) is 0. The maximum Gasteiger partial charge on any atom is 0.254 e. The molecule has 2 amide bonds. The number of benzene rings is 2. The van der Waals surface area contributed by atoms with Gasteiger partial charge in [0, 0.05) is 23.6 Å². The number of halogens is 2. The van der Waals surface area contributed by atoms with Gasteiger partial charge in [0.1, 0.15) is 12.4 Å². The van der Waals surface area contributed by atoms with Crippen molar-refractivity contribution in [3.05, 3.63) is 75.4 Å². The monoisotopic (exact) mass is 486 g/mol. The average Bonchev–Trinajstić information content (AvgIpc) is 3.17. The van der Waals surface area contributed by atoms with Crippen molar-refractivity contribution in [1.29, 1.82) is 0 Å². The van der Waals surface area contributed by atoms with Crippen molar-refractivity contribution in [3.63, 3.8) is 0 Å². The van der Waals surface area contributed by atoms with E-state index in [2.05, 4.69) is 26.1 Å². The molecule has 0 aliphatic heterocycles. The molecule has 0 unspecified atom stereocenters. The van der Waals surface area contributed by atoms with Crippen molar-refractivity contribution >= 4 is 40.8 Å². The second-order valence-corrected chi connectivity index (χ2v) is 9.73. The van der Waals surface area contributed by atoms with Gasteiger partial charge in [-0.3, -0.25) is 9.59 Å². The zero-order chi connectivity index (χ0) is 24.3. The van der Waals surface area contributed by atoms with Gasteiger partial charge in [-0.15, -0.1) is 0 Å². The molecular formula is C25H28Cl2N4O2. The molecular weight excluding hydrogens is 459 g/mol. The summed E-state index contributed by atoms with van der Waals surface area (Å²) in [5.41, 5.74) is 2.95. The van der Waals surface area contributed by atoms with Crippen LogP contribution in [0.15, 0.2) is 48.5 Å². The van der Waals surface area contributed by atoms with E-state index >= 15 is 0 Å². The Morgan fingerprint density at radius 3 is 2.39 bits per heavy atom. The standard InChI is InChI=1S/C25H28Cl2N4O2/c1-6-30(24(33)17-10-11-19(26)20(27)13-17)15-23(32)28-22-14-21(25(3,4)5)29-31(22)18-9-7-8-16(2)12-18/h7-14H,6,15H2,1-5H3,(H,28,32). The Kier molecular flexibility index (Phi) is 7.50. The molecule has 33 heavy (non-hydrogen) atoms. The molecule has 0 saturated carbocycles. The SMILES string of the molecule is CCN(CC(=O)Nc1cc(C(C)(C)C)nn1-c1cccc(C)c1)C(=O)c1ccc(Cl)c(Cl)c1. The molecule has 0 spiro atoms. The fourth-order valence-corrected chi connectivity index (χ4v) is 3.59. The van der Waals surface area contributed by atoms with E-state index in [1.165, 1.54) is 11.0 Å². The van der Waals surface area contributed by atoms with Crippen LogP contribution in [0.25, 0.3) is 5.69 Å². The zero-order valence-corrected chi connectivity index (χ0v) is 21.0. The van der Waals surface area contributed by atoms with Gasteiger partial charge in [0.25, 0.3) is 5.91 Å². The normalized spacial score (nSPS) is 11.4. The molecule has 3 aromatic rings. The quantitative estimate of drug-likeness (QED) is 0.472. The number of rotatable bonds is 6. The fourth-order valence-electron chi connectivity index (χ4n) is 3.29. The van der Waals surface area contributed by atoms with Gasteiger partial charge in [-0.1, -0.05) is 56.1 Å². The number of carbonyl (C=O) groups excluding carboxylic acids is 2. The number of likely N-dealkylation sites (N-methyl/N-ethyl adjacent to an activating group) is 1. The summed E-state index contributed by atoms with van der Waals surface area (Å²) in [5.74, 6) is -0.0677. The lowest BCUT2D eigenvalue weighted by atomic mass is 9.92. The number of amides is 2. The second kappa shape index (κ2) is 9.98. The van der Waals surface area contributed by atoms with Crippen molar-refractivity contribution < 1.29 is 9.59 Å². The minimum atomic E-state index is -0.320. The highest BCUT2D eigenvalue weighted by Gasteiger charge is 2.23. The van der Waals surface area contributed by atoms with Crippen molar-refractivity contribution in [2.45, 2.75) is 40.0 Å². The number of hydrogen-bond acceptors (Lipinski definition) is 3. The molecule has 6 nitrogen and oxygen atoms in total. The highest BCUT2D eigenvalue weighted by Crippen LogP contribution is 2.27. The number of anilines is 1. The fraction of sp³-hybridized carbons (Fsp3) is 0.320. The number of hydrogen-bond donors (Lipinski definition) is 1. The Labute approximate surface area is 204 Å². The predicted octanol–water partition coefficient (Wildman–Crippen LogP) is 5.89. The lowest BCUT2D eigenvalue weighted by molar-refractivity contribution is -0.116. The molecule has 0 bridgehead atoms. The van der Waals surface area contributed by atoms with E-state index in [0.717, 1.165) is 16.9 Å². The molecule has 0 aliphatic rings. The number of aryl methyl sites for hydroxylation is 1. The van der Waals surface area contributed by atoms with Gasteiger partial charge >= 0.3 is 0 Å². The van der Waals surface area contributed by atoms with Crippen LogP contribution in [0.5, 0.6) is 0 Å². The van der Waals surface area contributed by atoms with Gasteiger partial charge in [0.05, 0.1) is 21.4 Å². The van der Waals surface area contributed by atoms with Crippen LogP contribution in [0.4, 0.5) is 5.82 Å². The molecule has 0 fully saturated rings. The first-order chi connectivity index (χ1) is 15.5. The summed E-state index contributed by atoms with van der Waals surface area (Å²) in [6, 6.07) is 14.4. The van der Waals surface area contributed by atoms with Crippen LogP contribution in [0, 0.1) is 6.92 Å². The van der Waals surface area contributed by atoms with Gasteiger partial charge in [-0.05, 0) is 49.7 Å². The number of carbonyl (C=O) groups is 2. The van der Waals surface area contributed by atoms with E-state index in [4.69, 9.17) is 28.3 Å². The third-order valence-corrected chi connectivity index (χ3v) is 5.90. The third-order valence-electron chi connectivity index (χ3n) is 5.16. The van der Waals surface area contributed by atoms with Crippen LogP contribution < -0.4 is 5.32 Å². The molecule has 2 aromatic carbocycles. The lowest BCUT2D eigenvalue weighted by Crippen LogP contribution is -2.38. The summed E-state index contributed by atoms with van der Waals surface area (Å²) in [4.78, 5) is 27.3. The van der Waals surface area contributed by atoms with Gasteiger partial charge in [-0.25, -0.2) is 4.68 Å². The minimum Gasteiger partial charge on any atom is -0.330 e. The van der Waals surface area contributed by atoms with Crippen molar-refractivity contribution in [2.24, 2.45) is 0 Å². The highest BCUT2D eigenvalue weighted by molar-refractivity contribution is 6.42. The van der Waals surface area contributed by atoms with E-state index in [1.807, 2.05) is 44.2 Å². The summed E-state index contributed by atoms with van der Waals surface area (Å²) in [5, 5.41) is 8.33. The Morgan fingerprint density at radius 2 is 1.79 bits per heavy atom. The minimum absolute atomic E-state index is 0.112. The Morgan fingerprint density at radius 1 is 1.06 bits per heavy atom. The molecule has 174 valence electrons. The molecule has 0 atom stereocenters. The molecule has 1 aromatic heterocycles. The van der Waals surface area contributed by atoms with E-state index in [9.17, 15) is 9.59 Å². The van der Waals surface area contributed by atoms with Gasteiger partial charge < -0.3 is 10.2 Å². The summed E-state index contributed by atoms with van der Waals surface area (Å²) in [6.45, 7) is 10.3. The first kappa shape index (κ1) is 24.8. The van der Waals surface area contributed by atoms with E-state index in [0.29, 0.717) is 28.0 Å². The smallest absolute Gasteiger partial charge is 0.254 e. The topological polar surface area (TPSA) is 67.2 Å². The largest absolute Gasteiger partial charge is 0.330 e. The first-order valence-corrected chi connectivity index (χ1v) is 11.5. The Bertz CT molecular complexity index is 1180. The van der Waals surface area contributed by atoms with Crippen LogP contribution in [-0.2, 0) is 10.2 Å². The Hall–Kier alpha value is -2.83. The number of nitrogens with zero attached hydrogens (tertiary/aromatic N) is 3.